The highest BCUT2D eigenvalue weighted by molar-refractivity contribution is 5.80. The van der Waals surface area contributed by atoms with Crippen LogP contribution in [0.5, 0.6) is 0 Å². The van der Waals surface area contributed by atoms with Gasteiger partial charge in [0.2, 0.25) is 0 Å². The number of allylic oxidation sites excluding steroid dienone is 3. The third-order valence-electron chi connectivity index (χ3n) is 9.73. The van der Waals surface area contributed by atoms with Gasteiger partial charge in [-0.1, -0.05) is 44.4 Å². The van der Waals surface area contributed by atoms with Crippen molar-refractivity contribution < 1.29 is 9.90 Å². The molecule has 0 heterocycles. The summed E-state index contributed by atoms with van der Waals surface area (Å²) in [5.74, 6) is 3.57. The Morgan fingerprint density at radius 3 is 2.48 bits per heavy atom. The molecule has 0 radical (unpaired) electrons. The molecule has 2 nitrogen and oxygen atoms in total. The van der Waals surface area contributed by atoms with Gasteiger partial charge in [-0.05, 0) is 98.7 Å². The van der Waals surface area contributed by atoms with Crippen molar-refractivity contribution in [2.75, 3.05) is 0 Å². The minimum Gasteiger partial charge on any atom is -0.478 e. The van der Waals surface area contributed by atoms with Gasteiger partial charge in [-0.3, -0.25) is 0 Å². The molecule has 150 valence electrons. The maximum atomic E-state index is 10.8. The van der Waals surface area contributed by atoms with Gasteiger partial charge in [0.25, 0.3) is 0 Å². The van der Waals surface area contributed by atoms with Crippen molar-refractivity contribution in [2.45, 2.75) is 85.0 Å². The van der Waals surface area contributed by atoms with Crippen molar-refractivity contribution in [3.63, 3.8) is 0 Å². The Labute approximate surface area is 165 Å². The van der Waals surface area contributed by atoms with E-state index in [-0.39, 0.29) is 0 Å². The van der Waals surface area contributed by atoms with Crippen LogP contribution in [0.4, 0.5) is 0 Å². The van der Waals surface area contributed by atoms with E-state index in [1.165, 1.54) is 75.9 Å². The summed E-state index contributed by atoms with van der Waals surface area (Å²) in [6.07, 6.45) is 19.4. The van der Waals surface area contributed by atoms with E-state index in [1.54, 1.807) is 6.08 Å². The van der Waals surface area contributed by atoms with Gasteiger partial charge in [-0.2, -0.15) is 0 Å². The first kappa shape index (κ1) is 19.3. The van der Waals surface area contributed by atoms with Crippen molar-refractivity contribution >= 4 is 5.97 Å². The summed E-state index contributed by atoms with van der Waals surface area (Å²) in [6.45, 7) is 7.46. The van der Waals surface area contributed by atoms with E-state index in [9.17, 15) is 4.79 Å². The summed E-state index contributed by atoms with van der Waals surface area (Å²) in [4.78, 5) is 10.8. The molecular formula is C25H38O2. The third kappa shape index (κ3) is 3.12. The fraction of sp³-hybridized carbons (Fsp3) is 0.800. The number of carbonyl (C=O) groups is 1. The van der Waals surface area contributed by atoms with Crippen molar-refractivity contribution in [3.8, 4) is 0 Å². The third-order valence-corrected chi connectivity index (χ3v) is 9.73. The largest absolute Gasteiger partial charge is 0.478 e. The molecule has 2 heteroatoms. The summed E-state index contributed by atoms with van der Waals surface area (Å²) >= 11 is 0. The second-order valence-corrected chi connectivity index (χ2v) is 10.7. The Morgan fingerprint density at radius 1 is 0.926 bits per heavy atom. The number of aliphatic carboxylic acids is 1. The summed E-state index contributed by atoms with van der Waals surface area (Å²) in [7, 11) is 0. The zero-order chi connectivity index (χ0) is 19.2. The van der Waals surface area contributed by atoms with E-state index in [1.807, 2.05) is 0 Å². The zero-order valence-electron chi connectivity index (χ0n) is 17.5. The van der Waals surface area contributed by atoms with Gasteiger partial charge in [0, 0.05) is 6.08 Å². The summed E-state index contributed by atoms with van der Waals surface area (Å²) in [5.41, 5.74) is 2.44. The van der Waals surface area contributed by atoms with E-state index in [4.69, 9.17) is 5.11 Å². The van der Waals surface area contributed by atoms with Crippen LogP contribution in [0.2, 0.25) is 0 Å². The number of carboxylic acids is 1. The average molecular weight is 371 g/mol. The topological polar surface area (TPSA) is 37.3 Å². The van der Waals surface area contributed by atoms with Gasteiger partial charge in [0.05, 0.1) is 0 Å². The Morgan fingerprint density at radius 2 is 1.70 bits per heavy atom. The fourth-order valence-corrected chi connectivity index (χ4v) is 8.44. The lowest BCUT2D eigenvalue weighted by molar-refractivity contribution is -0.131. The molecule has 4 aliphatic carbocycles. The van der Waals surface area contributed by atoms with Crippen LogP contribution in [0.1, 0.15) is 85.0 Å². The van der Waals surface area contributed by atoms with Crippen LogP contribution in [0.25, 0.3) is 0 Å². The first-order chi connectivity index (χ1) is 12.9. The van der Waals surface area contributed by atoms with E-state index >= 15 is 0 Å². The van der Waals surface area contributed by atoms with Crippen LogP contribution in [0.15, 0.2) is 23.8 Å². The SMILES string of the molecule is CC(=CC=CC(=O)O)[C@H]1CC[C@H]2[C@@H]3CCC4CCCC[C@]4(C)[C@H]3CC[C@]12C. The van der Waals surface area contributed by atoms with Gasteiger partial charge in [-0.15, -0.1) is 0 Å². The molecule has 27 heavy (non-hydrogen) atoms. The molecule has 0 saturated heterocycles. The minimum atomic E-state index is -0.854. The quantitative estimate of drug-likeness (QED) is 0.447. The molecule has 7 atom stereocenters. The second kappa shape index (κ2) is 7.08. The molecule has 4 aliphatic rings. The molecule has 1 N–H and O–H groups in total. The molecule has 4 fully saturated rings. The monoisotopic (exact) mass is 370 g/mol. The van der Waals surface area contributed by atoms with Crippen LogP contribution in [-0.4, -0.2) is 11.1 Å². The molecule has 0 bridgehead atoms. The lowest BCUT2D eigenvalue weighted by Crippen LogP contribution is -2.52. The molecule has 0 aliphatic heterocycles. The Kier molecular flexibility index (Phi) is 5.06. The first-order valence-corrected chi connectivity index (χ1v) is 11.4. The van der Waals surface area contributed by atoms with Gasteiger partial charge in [0.15, 0.2) is 0 Å². The van der Waals surface area contributed by atoms with Crippen LogP contribution in [0.3, 0.4) is 0 Å². The maximum absolute atomic E-state index is 10.8. The van der Waals surface area contributed by atoms with Crippen molar-refractivity contribution in [2.24, 2.45) is 40.4 Å². The van der Waals surface area contributed by atoms with Crippen LogP contribution >= 0.6 is 0 Å². The molecular weight excluding hydrogens is 332 g/mol. The lowest BCUT2D eigenvalue weighted by Gasteiger charge is -2.60. The number of hydrogen-bond donors (Lipinski definition) is 1. The molecule has 0 spiro atoms. The van der Waals surface area contributed by atoms with Crippen molar-refractivity contribution in [1.82, 2.24) is 0 Å². The lowest BCUT2D eigenvalue weighted by atomic mass is 9.44. The van der Waals surface area contributed by atoms with Crippen molar-refractivity contribution in [1.29, 1.82) is 0 Å². The molecule has 0 aromatic rings. The molecule has 0 aromatic carbocycles. The van der Waals surface area contributed by atoms with E-state index in [0.29, 0.717) is 16.7 Å². The van der Waals surface area contributed by atoms with Crippen LogP contribution < -0.4 is 0 Å². The number of carboxylic acid groups (broad SMARTS) is 1. The standard InChI is InChI=1S/C25H38O2/c1-17(7-6-9-23(26)27)20-12-13-21-19-11-10-18-8-4-5-15-24(18,2)22(19)14-16-25(20,21)3/h6-7,9,18-22H,4-5,8,10-16H2,1-3H3,(H,26,27)/t18?,19-,20+,21-,22-,24-,25+/m0/s1. The van der Waals surface area contributed by atoms with E-state index < -0.39 is 5.97 Å². The molecule has 0 aromatic heterocycles. The molecule has 0 amide bonds. The predicted octanol–water partition coefficient (Wildman–Crippen LogP) is 6.62. The summed E-state index contributed by atoms with van der Waals surface area (Å²) in [6, 6.07) is 0. The number of rotatable bonds is 3. The Bertz CT molecular complexity index is 647. The normalized spacial score (nSPS) is 47.4. The zero-order valence-corrected chi connectivity index (χ0v) is 17.5. The maximum Gasteiger partial charge on any atom is 0.328 e. The Hall–Kier alpha value is -1.05. The number of hydrogen-bond acceptors (Lipinski definition) is 1. The summed E-state index contributed by atoms with van der Waals surface area (Å²) < 4.78 is 0. The van der Waals surface area contributed by atoms with Gasteiger partial charge in [-0.25, -0.2) is 4.79 Å². The molecule has 1 unspecified atom stereocenters. The van der Waals surface area contributed by atoms with Crippen LogP contribution in [0, 0.1) is 40.4 Å². The fourth-order valence-electron chi connectivity index (χ4n) is 8.44. The highest BCUT2D eigenvalue weighted by Gasteiger charge is 2.59. The van der Waals surface area contributed by atoms with Crippen molar-refractivity contribution in [3.05, 3.63) is 23.8 Å². The predicted molar refractivity (Wildman–Crippen MR) is 110 cm³/mol. The second-order valence-electron chi connectivity index (χ2n) is 10.7. The van der Waals surface area contributed by atoms with E-state index in [0.717, 1.165) is 23.7 Å². The molecule has 4 saturated carbocycles. The average Bonchev–Trinajstić information content (AvgIpc) is 2.98. The Balaban J connectivity index is 1.55. The highest BCUT2D eigenvalue weighted by atomic mass is 16.4. The minimum absolute atomic E-state index is 0.427. The van der Waals surface area contributed by atoms with E-state index in [2.05, 4.69) is 26.8 Å². The number of fused-ring (bicyclic) bond motifs is 5. The summed E-state index contributed by atoms with van der Waals surface area (Å²) in [5, 5.41) is 8.86. The first-order valence-electron chi connectivity index (χ1n) is 11.4. The van der Waals surface area contributed by atoms with Gasteiger partial charge in [0.1, 0.15) is 0 Å². The van der Waals surface area contributed by atoms with Gasteiger partial charge < -0.3 is 5.11 Å². The molecule has 4 rings (SSSR count). The van der Waals surface area contributed by atoms with Gasteiger partial charge >= 0.3 is 5.97 Å². The van der Waals surface area contributed by atoms with Crippen LogP contribution in [-0.2, 0) is 4.79 Å². The smallest absolute Gasteiger partial charge is 0.328 e. The highest BCUT2D eigenvalue weighted by Crippen LogP contribution is 2.68.